The van der Waals surface area contributed by atoms with Gasteiger partial charge in [0.05, 0.1) is 11.7 Å². The number of nitrogens with zero attached hydrogens (tertiary/aromatic N) is 2. The molecule has 82 valence electrons. The zero-order valence-electron chi connectivity index (χ0n) is 8.56. The van der Waals surface area contributed by atoms with Crippen LogP contribution in [0.25, 0.3) is 0 Å². The zero-order chi connectivity index (χ0) is 10.9. The summed E-state index contributed by atoms with van der Waals surface area (Å²) in [5, 5.41) is 6.61. The van der Waals surface area contributed by atoms with Crippen LogP contribution >= 0.6 is 11.5 Å². The topological polar surface area (TPSA) is 80.9 Å². The van der Waals surface area contributed by atoms with E-state index in [2.05, 4.69) is 14.9 Å². The quantitative estimate of drug-likeness (QED) is 0.778. The molecule has 1 amide bonds. The van der Waals surface area contributed by atoms with Gasteiger partial charge in [0.2, 0.25) is 0 Å². The lowest BCUT2D eigenvalue weighted by Crippen LogP contribution is -2.53. The number of hydrogen-bond donors (Lipinski definition) is 2. The molecule has 1 aliphatic carbocycles. The van der Waals surface area contributed by atoms with Crippen molar-refractivity contribution in [2.24, 2.45) is 11.7 Å². The van der Waals surface area contributed by atoms with Gasteiger partial charge in [0.1, 0.15) is 4.88 Å². The number of amides is 1. The fourth-order valence-electron chi connectivity index (χ4n) is 1.63. The second-order valence-corrected chi connectivity index (χ2v) is 4.92. The monoisotopic (exact) mass is 226 g/mol. The first kappa shape index (κ1) is 10.5. The van der Waals surface area contributed by atoms with Gasteiger partial charge in [-0.3, -0.25) is 4.79 Å². The normalized spacial score (nSPS) is 19.6. The number of aromatic nitrogens is 2. The van der Waals surface area contributed by atoms with E-state index in [0.29, 0.717) is 17.3 Å². The fourth-order valence-corrected chi connectivity index (χ4v) is 2.04. The highest BCUT2D eigenvalue weighted by molar-refractivity contribution is 7.07. The maximum atomic E-state index is 11.8. The molecule has 1 aliphatic rings. The molecule has 5 nitrogen and oxygen atoms in total. The predicted octanol–water partition coefficient (Wildman–Crippen LogP) is 0.395. The van der Waals surface area contributed by atoms with E-state index in [1.165, 1.54) is 6.20 Å². The molecule has 1 heterocycles. The van der Waals surface area contributed by atoms with Gasteiger partial charge >= 0.3 is 0 Å². The molecule has 0 radical (unpaired) electrons. The minimum absolute atomic E-state index is 0.121. The van der Waals surface area contributed by atoms with Crippen LogP contribution in [-0.2, 0) is 0 Å². The Bertz CT molecular complexity index is 349. The van der Waals surface area contributed by atoms with Crippen molar-refractivity contribution in [1.29, 1.82) is 0 Å². The third-order valence-electron chi connectivity index (χ3n) is 2.89. The lowest BCUT2D eigenvalue weighted by atomic mass is 9.96. The Labute approximate surface area is 92.2 Å². The number of nitrogens with one attached hydrogen (secondary N) is 1. The second-order valence-electron chi connectivity index (χ2n) is 4.13. The molecule has 0 aliphatic heterocycles. The Morgan fingerprint density at radius 3 is 3.00 bits per heavy atom. The summed E-state index contributed by atoms with van der Waals surface area (Å²) in [7, 11) is 0. The van der Waals surface area contributed by atoms with Gasteiger partial charge in [-0.1, -0.05) is 4.49 Å². The van der Waals surface area contributed by atoms with E-state index in [-0.39, 0.29) is 11.4 Å². The molecule has 1 fully saturated rings. The third kappa shape index (κ3) is 2.15. The molecule has 0 bridgehead atoms. The van der Waals surface area contributed by atoms with Crippen molar-refractivity contribution in [1.82, 2.24) is 14.9 Å². The Morgan fingerprint density at radius 2 is 2.53 bits per heavy atom. The van der Waals surface area contributed by atoms with Gasteiger partial charge in [-0.15, -0.1) is 5.10 Å². The number of rotatable bonds is 4. The molecule has 1 unspecified atom stereocenters. The van der Waals surface area contributed by atoms with Crippen LogP contribution in [0, 0.1) is 5.92 Å². The number of hydrogen-bond acceptors (Lipinski definition) is 5. The van der Waals surface area contributed by atoms with Gasteiger partial charge in [-0.05, 0) is 37.2 Å². The van der Waals surface area contributed by atoms with Gasteiger partial charge in [-0.25, -0.2) is 0 Å². The van der Waals surface area contributed by atoms with Crippen LogP contribution in [0.3, 0.4) is 0 Å². The molecular formula is C9H14N4OS. The minimum atomic E-state index is -0.277. The van der Waals surface area contributed by atoms with Crippen molar-refractivity contribution in [2.45, 2.75) is 25.3 Å². The Balaban J connectivity index is 2.04. The minimum Gasteiger partial charge on any atom is -0.345 e. The van der Waals surface area contributed by atoms with E-state index in [4.69, 9.17) is 5.73 Å². The third-order valence-corrected chi connectivity index (χ3v) is 3.55. The molecule has 0 aromatic carbocycles. The van der Waals surface area contributed by atoms with E-state index in [1.807, 2.05) is 6.92 Å². The van der Waals surface area contributed by atoms with Gasteiger partial charge in [0.15, 0.2) is 0 Å². The molecule has 1 saturated carbocycles. The maximum absolute atomic E-state index is 11.8. The van der Waals surface area contributed by atoms with Crippen molar-refractivity contribution in [3.8, 4) is 0 Å². The van der Waals surface area contributed by atoms with Crippen molar-refractivity contribution in [3.05, 3.63) is 11.1 Å². The molecule has 15 heavy (non-hydrogen) atoms. The Hall–Kier alpha value is -1.01. The fraction of sp³-hybridized carbons (Fsp3) is 0.667. The summed E-state index contributed by atoms with van der Waals surface area (Å²) in [5.74, 6) is 0.400. The number of nitrogens with two attached hydrogens (primary N) is 1. The highest BCUT2D eigenvalue weighted by Crippen LogP contribution is 2.39. The molecule has 6 heteroatoms. The lowest BCUT2D eigenvalue weighted by molar-refractivity contribution is 0.0902. The van der Waals surface area contributed by atoms with E-state index < -0.39 is 0 Å². The SMILES string of the molecule is CC(CN)(NC(=O)c1cnns1)C1CC1. The van der Waals surface area contributed by atoms with Gasteiger partial charge in [-0.2, -0.15) is 0 Å². The summed E-state index contributed by atoms with van der Waals surface area (Å²) in [6.45, 7) is 2.46. The van der Waals surface area contributed by atoms with E-state index >= 15 is 0 Å². The molecule has 0 spiro atoms. The highest BCUT2D eigenvalue weighted by atomic mass is 32.1. The summed E-state index contributed by atoms with van der Waals surface area (Å²) in [4.78, 5) is 12.3. The van der Waals surface area contributed by atoms with Crippen LogP contribution in [0.15, 0.2) is 6.20 Å². The second kappa shape index (κ2) is 3.86. The standard InChI is InChI=1S/C9H14N4OS/c1-9(5-10,6-2-3-6)12-8(14)7-4-11-13-15-7/h4,6H,2-3,5,10H2,1H3,(H,12,14). The van der Waals surface area contributed by atoms with E-state index in [1.54, 1.807) is 0 Å². The van der Waals surface area contributed by atoms with Crippen LogP contribution in [-0.4, -0.2) is 27.6 Å². The van der Waals surface area contributed by atoms with Gasteiger partial charge in [0.25, 0.3) is 5.91 Å². The average molecular weight is 226 g/mol. The first-order chi connectivity index (χ1) is 7.15. The Kier molecular flexibility index (Phi) is 2.70. The van der Waals surface area contributed by atoms with Crippen molar-refractivity contribution < 1.29 is 4.79 Å². The predicted molar refractivity (Wildman–Crippen MR) is 57.6 cm³/mol. The summed E-state index contributed by atoms with van der Waals surface area (Å²) in [5.41, 5.74) is 5.43. The highest BCUT2D eigenvalue weighted by Gasteiger charge is 2.41. The van der Waals surface area contributed by atoms with E-state index in [0.717, 1.165) is 24.4 Å². The molecule has 3 N–H and O–H groups in total. The maximum Gasteiger partial charge on any atom is 0.265 e. The van der Waals surface area contributed by atoms with Crippen molar-refractivity contribution in [2.75, 3.05) is 6.54 Å². The number of carbonyl (C=O) groups is 1. The molecule has 0 saturated heterocycles. The largest absolute Gasteiger partial charge is 0.345 e. The molecule has 1 atom stereocenters. The smallest absolute Gasteiger partial charge is 0.265 e. The summed E-state index contributed by atoms with van der Waals surface area (Å²) in [6.07, 6.45) is 3.77. The molecule has 1 aromatic heterocycles. The van der Waals surface area contributed by atoms with Gasteiger partial charge in [0, 0.05) is 6.54 Å². The van der Waals surface area contributed by atoms with Crippen molar-refractivity contribution in [3.63, 3.8) is 0 Å². The van der Waals surface area contributed by atoms with Crippen LogP contribution in [0.1, 0.15) is 29.4 Å². The van der Waals surface area contributed by atoms with Crippen LogP contribution in [0.4, 0.5) is 0 Å². The number of carbonyl (C=O) groups excluding carboxylic acids is 1. The van der Waals surface area contributed by atoms with Crippen molar-refractivity contribution >= 4 is 17.4 Å². The summed E-state index contributed by atoms with van der Waals surface area (Å²) >= 11 is 1.10. The molecular weight excluding hydrogens is 212 g/mol. The van der Waals surface area contributed by atoms with Gasteiger partial charge < -0.3 is 11.1 Å². The van der Waals surface area contributed by atoms with E-state index in [9.17, 15) is 4.79 Å². The van der Waals surface area contributed by atoms with Crippen LogP contribution < -0.4 is 11.1 Å². The lowest BCUT2D eigenvalue weighted by Gasteiger charge is -2.29. The molecule has 1 aromatic rings. The first-order valence-corrected chi connectivity index (χ1v) is 5.73. The first-order valence-electron chi connectivity index (χ1n) is 4.95. The Morgan fingerprint density at radius 1 is 1.80 bits per heavy atom. The summed E-state index contributed by atoms with van der Waals surface area (Å²) in [6, 6.07) is 0. The molecule has 2 rings (SSSR count). The van der Waals surface area contributed by atoms with Crippen LogP contribution in [0.2, 0.25) is 0 Å². The summed E-state index contributed by atoms with van der Waals surface area (Å²) < 4.78 is 3.66. The van der Waals surface area contributed by atoms with Crippen LogP contribution in [0.5, 0.6) is 0 Å². The average Bonchev–Trinajstić information content (AvgIpc) is 2.94. The zero-order valence-corrected chi connectivity index (χ0v) is 9.38.